The van der Waals surface area contributed by atoms with Crippen molar-refractivity contribution >= 4 is 5.91 Å². The van der Waals surface area contributed by atoms with E-state index in [1.165, 1.54) is 11.0 Å². The van der Waals surface area contributed by atoms with Gasteiger partial charge in [-0.1, -0.05) is 13.8 Å². The maximum absolute atomic E-state index is 12.6. The topological polar surface area (TPSA) is 69.0 Å². The average Bonchev–Trinajstić information content (AvgIpc) is 2.81. The van der Waals surface area contributed by atoms with Gasteiger partial charge in [0.15, 0.2) is 0 Å². The number of nitrogens with one attached hydrogen (secondary N) is 1. The van der Waals surface area contributed by atoms with E-state index in [0.717, 1.165) is 0 Å². The number of hydrogen-bond donors (Lipinski definition) is 1. The number of halogens is 4. The van der Waals surface area contributed by atoms with Gasteiger partial charge in [-0.15, -0.1) is 0 Å². The van der Waals surface area contributed by atoms with E-state index in [1.54, 1.807) is 7.05 Å². The van der Waals surface area contributed by atoms with E-state index in [9.17, 15) is 22.4 Å². The molecule has 6 nitrogen and oxygen atoms in total. The number of amides is 1. The van der Waals surface area contributed by atoms with Crippen molar-refractivity contribution in [2.24, 2.45) is 13.0 Å². The largest absolute Gasteiger partial charge is 0.365 e. The van der Waals surface area contributed by atoms with Gasteiger partial charge in [0.1, 0.15) is 25.4 Å². The molecule has 10 heteroatoms. The number of hydrogen-bond acceptors (Lipinski definition) is 4. The summed E-state index contributed by atoms with van der Waals surface area (Å²) in [6.07, 6.45) is -2.52. The molecule has 0 fully saturated rings. The van der Waals surface area contributed by atoms with Gasteiger partial charge in [0, 0.05) is 7.05 Å². The van der Waals surface area contributed by atoms with Gasteiger partial charge in [-0.25, -0.2) is 13.8 Å². The normalized spacial score (nSPS) is 13.7. The highest BCUT2D eigenvalue weighted by atomic mass is 19.3. The van der Waals surface area contributed by atoms with Crippen LogP contribution < -0.4 is 5.32 Å². The van der Waals surface area contributed by atoms with Crippen LogP contribution in [0.25, 0.3) is 0 Å². The highest BCUT2D eigenvalue weighted by Crippen LogP contribution is 2.23. The first-order chi connectivity index (χ1) is 10.1. The van der Waals surface area contributed by atoms with Gasteiger partial charge < -0.3 is 10.1 Å². The molecule has 126 valence electrons. The van der Waals surface area contributed by atoms with E-state index in [1.807, 2.05) is 13.8 Å². The Balaban J connectivity index is 2.54. The summed E-state index contributed by atoms with van der Waals surface area (Å²) in [6.45, 7) is 1.38. The number of rotatable bonds is 8. The van der Waals surface area contributed by atoms with Crippen LogP contribution in [0.15, 0.2) is 6.33 Å². The van der Waals surface area contributed by atoms with E-state index in [-0.39, 0.29) is 5.92 Å². The summed E-state index contributed by atoms with van der Waals surface area (Å²) in [6, 6.07) is -0.501. The molecule has 0 saturated carbocycles. The fourth-order valence-electron chi connectivity index (χ4n) is 1.67. The smallest absolute Gasteiger partial charge is 0.330 e. The lowest BCUT2D eigenvalue weighted by Gasteiger charge is -2.21. The Kier molecular flexibility index (Phi) is 6.27. The van der Waals surface area contributed by atoms with E-state index in [4.69, 9.17) is 0 Å². The molecule has 0 saturated heterocycles. The fourth-order valence-corrected chi connectivity index (χ4v) is 1.67. The molecular weight excluding hydrogens is 308 g/mol. The number of ether oxygens (including phenoxy) is 1. The zero-order valence-electron chi connectivity index (χ0n) is 12.4. The monoisotopic (exact) mass is 326 g/mol. The van der Waals surface area contributed by atoms with Crippen LogP contribution in [-0.2, 0) is 16.6 Å². The van der Waals surface area contributed by atoms with Gasteiger partial charge in [-0.2, -0.15) is 13.9 Å². The maximum atomic E-state index is 12.6. The van der Waals surface area contributed by atoms with Crippen molar-refractivity contribution in [1.29, 1.82) is 0 Å². The third-order valence-corrected chi connectivity index (χ3v) is 2.85. The second kappa shape index (κ2) is 7.52. The SMILES string of the molecule is CC(C)[C@@H](NC(=O)COCC(F)(F)C(F)F)c1ncnn1C. The third-order valence-electron chi connectivity index (χ3n) is 2.85. The van der Waals surface area contributed by atoms with Gasteiger partial charge in [-0.05, 0) is 5.92 Å². The summed E-state index contributed by atoms with van der Waals surface area (Å²) in [7, 11) is 1.64. The highest BCUT2D eigenvalue weighted by Gasteiger charge is 2.41. The molecule has 0 aromatic carbocycles. The molecule has 0 aliphatic rings. The van der Waals surface area contributed by atoms with Crippen molar-refractivity contribution in [3.8, 4) is 0 Å². The summed E-state index contributed by atoms with van der Waals surface area (Å²) >= 11 is 0. The van der Waals surface area contributed by atoms with E-state index >= 15 is 0 Å². The summed E-state index contributed by atoms with van der Waals surface area (Å²) in [5, 5.41) is 6.44. The quantitative estimate of drug-likeness (QED) is 0.736. The summed E-state index contributed by atoms with van der Waals surface area (Å²) < 4.78 is 55.0. The lowest BCUT2D eigenvalue weighted by molar-refractivity contribution is -0.168. The van der Waals surface area contributed by atoms with Crippen molar-refractivity contribution in [3.05, 3.63) is 12.2 Å². The number of nitrogens with zero attached hydrogens (tertiary/aromatic N) is 3. The number of aromatic nitrogens is 3. The number of alkyl halides is 4. The maximum Gasteiger partial charge on any atom is 0.330 e. The minimum Gasteiger partial charge on any atom is -0.365 e. The summed E-state index contributed by atoms with van der Waals surface area (Å²) in [4.78, 5) is 15.7. The molecule has 22 heavy (non-hydrogen) atoms. The van der Waals surface area contributed by atoms with Crippen LogP contribution in [0.2, 0.25) is 0 Å². The molecule has 1 aromatic heterocycles. The predicted molar refractivity (Wildman–Crippen MR) is 68.5 cm³/mol. The fraction of sp³-hybridized carbons (Fsp3) is 0.750. The predicted octanol–water partition coefficient (Wildman–Crippen LogP) is 1.55. The van der Waals surface area contributed by atoms with Crippen molar-refractivity contribution in [3.63, 3.8) is 0 Å². The van der Waals surface area contributed by atoms with Crippen molar-refractivity contribution in [2.45, 2.75) is 32.2 Å². The molecule has 1 atom stereocenters. The lowest BCUT2D eigenvalue weighted by atomic mass is 10.0. The standard InChI is InChI=1S/C12H18F4N4O2/c1-7(2)9(10-17-6-18-20(10)3)19-8(21)4-22-5-12(15,16)11(13)14/h6-7,9,11H,4-5H2,1-3H3,(H,19,21)/t9-/m1/s1. The number of carbonyl (C=O) groups excluding carboxylic acids is 1. The molecule has 0 bridgehead atoms. The molecule has 0 aliphatic heterocycles. The van der Waals surface area contributed by atoms with Gasteiger partial charge >= 0.3 is 12.3 Å². The molecule has 0 spiro atoms. The van der Waals surface area contributed by atoms with Crippen LogP contribution in [0.5, 0.6) is 0 Å². The second-order valence-electron chi connectivity index (χ2n) is 5.09. The van der Waals surface area contributed by atoms with Gasteiger partial charge in [-0.3, -0.25) is 9.48 Å². The molecule has 1 N–H and O–H groups in total. The van der Waals surface area contributed by atoms with Crippen molar-refractivity contribution < 1.29 is 27.1 Å². The minimum atomic E-state index is -4.28. The second-order valence-corrected chi connectivity index (χ2v) is 5.09. The van der Waals surface area contributed by atoms with Crippen LogP contribution in [0.4, 0.5) is 17.6 Å². The van der Waals surface area contributed by atoms with Crippen LogP contribution in [0.3, 0.4) is 0 Å². The van der Waals surface area contributed by atoms with E-state index in [0.29, 0.717) is 5.82 Å². The molecular formula is C12H18F4N4O2. The van der Waals surface area contributed by atoms with Crippen LogP contribution >= 0.6 is 0 Å². The first-order valence-electron chi connectivity index (χ1n) is 6.52. The van der Waals surface area contributed by atoms with Crippen molar-refractivity contribution in [1.82, 2.24) is 20.1 Å². The summed E-state index contributed by atoms with van der Waals surface area (Å²) in [5.41, 5.74) is 0. The zero-order chi connectivity index (χ0) is 16.9. The Bertz CT molecular complexity index is 493. The Morgan fingerprint density at radius 3 is 2.55 bits per heavy atom. The van der Waals surface area contributed by atoms with Crippen LogP contribution in [-0.4, -0.2) is 46.2 Å². The number of aryl methyl sites for hydroxylation is 1. The average molecular weight is 326 g/mol. The van der Waals surface area contributed by atoms with E-state index < -0.39 is 37.5 Å². The third kappa shape index (κ3) is 4.93. The Morgan fingerprint density at radius 1 is 1.45 bits per heavy atom. The molecule has 0 radical (unpaired) electrons. The highest BCUT2D eigenvalue weighted by molar-refractivity contribution is 5.77. The van der Waals surface area contributed by atoms with Crippen LogP contribution in [0.1, 0.15) is 25.7 Å². The molecule has 0 aliphatic carbocycles. The zero-order valence-corrected chi connectivity index (χ0v) is 12.4. The first kappa shape index (κ1) is 18.3. The first-order valence-corrected chi connectivity index (χ1v) is 6.52. The molecule has 1 aromatic rings. The molecule has 0 unspecified atom stereocenters. The van der Waals surface area contributed by atoms with Crippen molar-refractivity contribution in [2.75, 3.05) is 13.2 Å². The van der Waals surface area contributed by atoms with Gasteiger partial charge in [0.2, 0.25) is 5.91 Å². The van der Waals surface area contributed by atoms with E-state index in [2.05, 4.69) is 20.1 Å². The Morgan fingerprint density at radius 2 is 2.09 bits per heavy atom. The van der Waals surface area contributed by atoms with Gasteiger partial charge in [0.25, 0.3) is 0 Å². The molecule has 1 amide bonds. The molecule has 1 heterocycles. The lowest BCUT2D eigenvalue weighted by Crippen LogP contribution is -2.38. The van der Waals surface area contributed by atoms with Crippen LogP contribution in [0, 0.1) is 5.92 Å². The Hall–Kier alpha value is -1.71. The minimum absolute atomic E-state index is 0.0469. The Labute approximate surface area is 124 Å². The van der Waals surface area contributed by atoms with Gasteiger partial charge in [0.05, 0.1) is 6.04 Å². The summed E-state index contributed by atoms with van der Waals surface area (Å²) in [5.74, 6) is -4.54. The molecule has 1 rings (SSSR count). The number of carbonyl (C=O) groups is 1.